The number of benzene rings is 2. The lowest BCUT2D eigenvalue weighted by Gasteiger charge is -2.10. The molecule has 31 heavy (non-hydrogen) atoms. The van der Waals surface area contributed by atoms with Gasteiger partial charge in [0.15, 0.2) is 5.82 Å². The van der Waals surface area contributed by atoms with Gasteiger partial charge in [-0.3, -0.25) is 0 Å². The Labute approximate surface area is 176 Å². The van der Waals surface area contributed by atoms with Crippen molar-refractivity contribution in [2.75, 3.05) is 25.5 Å². The minimum Gasteiger partial charge on any atom is -0.382 e. The van der Waals surface area contributed by atoms with Gasteiger partial charge in [0.2, 0.25) is 10.0 Å². The van der Waals surface area contributed by atoms with Crippen molar-refractivity contribution in [3.05, 3.63) is 60.4 Å². The topological polar surface area (TPSA) is 112 Å². The molecule has 0 bridgehead atoms. The number of nitrogens with zero attached hydrogens (tertiary/aromatic N) is 3. The summed E-state index contributed by atoms with van der Waals surface area (Å²) in [6.45, 7) is 0.751. The Balaban J connectivity index is 1.35. The standard InChI is InChI=1S/C20H19F2N5O3S/c21-13-5-6-17(15(22)11-13)31(28,29)25-7-9-30-10-8-27-12-24-18-19(27)14-3-1-2-4-16(14)26-20(18)23/h1-6,11-12,25H,7-10H2,(H2,23,26). The maximum Gasteiger partial charge on any atom is 0.243 e. The molecule has 0 saturated heterocycles. The molecule has 0 aliphatic rings. The molecule has 162 valence electrons. The molecule has 2 aromatic heterocycles. The third kappa shape index (κ3) is 4.33. The second-order valence-electron chi connectivity index (χ2n) is 6.73. The summed E-state index contributed by atoms with van der Waals surface area (Å²) in [7, 11) is -4.10. The Morgan fingerprint density at radius 2 is 1.94 bits per heavy atom. The predicted octanol–water partition coefficient (Wildman–Crippen LogP) is 2.44. The van der Waals surface area contributed by atoms with E-state index in [1.165, 1.54) is 0 Å². The van der Waals surface area contributed by atoms with Crippen LogP contribution in [0.1, 0.15) is 0 Å². The first-order chi connectivity index (χ1) is 14.9. The van der Waals surface area contributed by atoms with Gasteiger partial charge >= 0.3 is 0 Å². The number of hydrogen-bond donors (Lipinski definition) is 2. The van der Waals surface area contributed by atoms with Crippen molar-refractivity contribution in [2.24, 2.45) is 0 Å². The molecule has 3 N–H and O–H groups in total. The van der Waals surface area contributed by atoms with E-state index in [0.29, 0.717) is 23.9 Å². The van der Waals surface area contributed by atoms with Gasteiger partial charge in [0.05, 0.1) is 30.6 Å². The fourth-order valence-corrected chi connectivity index (χ4v) is 4.33. The predicted molar refractivity (Wildman–Crippen MR) is 112 cm³/mol. The number of ether oxygens (including phenoxy) is 1. The van der Waals surface area contributed by atoms with E-state index in [1.807, 2.05) is 28.8 Å². The summed E-state index contributed by atoms with van der Waals surface area (Å²) in [4.78, 5) is 8.07. The summed E-state index contributed by atoms with van der Waals surface area (Å²) in [5, 5.41) is 0.915. The first-order valence-electron chi connectivity index (χ1n) is 9.38. The summed E-state index contributed by atoms with van der Waals surface area (Å²) >= 11 is 0. The van der Waals surface area contributed by atoms with E-state index in [1.54, 1.807) is 6.33 Å². The zero-order chi connectivity index (χ0) is 22.0. The molecule has 2 heterocycles. The van der Waals surface area contributed by atoms with Crippen LogP contribution in [-0.2, 0) is 21.3 Å². The molecular weight excluding hydrogens is 428 g/mol. The van der Waals surface area contributed by atoms with Crippen LogP contribution in [0.5, 0.6) is 0 Å². The van der Waals surface area contributed by atoms with Gasteiger partial charge in [-0.2, -0.15) is 0 Å². The Bertz CT molecular complexity index is 1360. The van der Waals surface area contributed by atoms with Gasteiger partial charge in [0.1, 0.15) is 22.0 Å². The number of imidazole rings is 1. The third-order valence-electron chi connectivity index (χ3n) is 4.68. The lowest BCUT2D eigenvalue weighted by molar-refractivity contribution is 0.132. The molecule has 0 amide bonds. The summed E-state index contributed by atoms with van der Waals surface area (Å²) in [6.07, 6.45) is 1.65. The van der Waals surface area contributed by atoms with Crippen LogP contribution < -0.4 is 10.5 Å². The van der Waals surface area contributed by atoms with Crippen molar-refractivity contribution in [1.29, 1.82) is 0 Å². The van der Waals surface area contributed by atoms with Gasteiger partial charge in [-0.05, 0) is 18.2 Å². The molecule has 8 nitrogen and oxygen atoms in total. The molecule has 0 radical (unpaired) electrons. The second kappa shape index (κ2) is 8.53. The maximum atomic E-state index is 13.7. The van der Waals surface area contributed by atoms with Crippen LogP contribution in [0, 0.1) is 11.6 Å². The first-order valence-corrected chi connectivity index (χ1v) is 10.9. The lowest BCUT2D eigenvalue weighted by atomic mass is 10.2. The van der Waals surface area contributed by atoms with E-state index in [4.69, 9.17) is 10.5 Å². The quantitative estimate of drug-likeness (QED) is 0.401. The van der Waals surface area contributed by atoms with Crippen molar-refractivity contribution in [2.45, 2.75) is 11.4 Å². The zero-order valence-corrected chi connectivity index (χ0v) is 17.1. The first kappa shape index (κ1) is 21.1. The Kier molecular flexibility index (Phi) is 5.81. The van der Waals surface area contributed by atoms with Gasteiger partial charge < -0.3 is 15.0 Å². The Morgan fingerprint density at radius 3 is 2.74 bits per heavy atom. The van der Waals surface area contributed by atoms with Crippen LogP contribution in [-0.4, -0.2) is 42.7 Å². The molecule has 0 spiro atoms. The number of fused-ring (bicyclic) bond motifs is 3. The summed E-state index contributed by atoms with van der Waals surface area (Å²) in [5.74, 6) is -1.66. The number of aromatic nitrogens is 3. The highest BCUT2D eigenvalue weighted by Gasteiger charge is 2.19. The maximum absolute atomic E-state index is 13.7. The Morgan fingerprint density at radius 1 is 1.13 bits per heavy atom. The lowest BCUT2D eigenvalue weighted by Crippen LogP contribution is -2.28. The van der Waals surface area contributed by atoms with Crippen LogP contribution in [0.25, 0.3) is 21.9 Å². The van der Waals surface area contributed by atoms with Gasteiger partial charge in [0, 0.05) is 24.5 Å². The number of rotatable bonds is 8. The molecule has 2 aromatic carbocycles. The third-order valence-corrected chi connectivity index (χ3v) is 6.17. The van der Waals surface area contributed by atoms with E-state index in [0.717, 1.165) is 28.6 Å². The van der Waals surface area contributed by atoms with E-state index < -0.39 is 26.6 Å². The van der Waals surface area contributed by atoms with Crippen molar-refractivity contribution in [3.8, 4) is 0 Å². The van der Waals surface area contributed by atoms with Crippen molar-refractivity contribution in [3.63, 3.8) is 0 Å². The number of hydrogen-bond acceptors (Lipinski definition) is 6. The highest BCUT2D eigenvalue weighted by Crippen LogP contribution is 2.26. The number of halogens is 2. The molecule has 4 aromatic rings. The average Bonchev–Trinajstić information content (AvgIpc) is 3.15. The zero-order valence-electron chi connectivity index (χ0n) is 16.3. The number of nitrogens with one attached hydrogen (secondary N) is 1. The summed E-state index contributed by atoms with van der Waals surface area (Å²) in [6, 6.07) is 9.87. The molecular formula is C20H19F2N5O3S. The normalized spacial score (nSPS) is 12.1. The van der Waals surface area contributed by atoms with Gasteiger partial charge in [-0.15, -0.1) is 0 Å². The summed E-state index contributed by atoms with van der Waals surface area (Å²) in [5.41, 5.74) is 8.22. The average molecular weight is 447 g/mol. The van der Waals surface area contributed by atoms with E-state index in [9.17, 15) is 17.2 Å². The van der Waals surface area contributed by atoms with E-state index in [-0.39, 0.29) is 19.8 Å². The van der Waals surface area contributed by atoms with Crippen molar-refractivity contribution < 1.29 is 21.9 Å². The number of sulfonamides is 1. The monoisotopic (exact) mass is 447 g/mol. The smallest absolute Gasteiger partial charge is 0.243 e. The number of pyridine rings is 1. The minimum absolute atomic E-state index is 0.0658. The molecule has 0 aliphatic heterocycles. The second-order valence-corrected chi connectivity index (χ2v) is 8.47. The van der Waals surface area contributed by atoms with Gasteiger partial charge in [0.25, 0.3) is 0 Å². The van der Waals surface area contributed by atoms with Crippen LogP contribution >= 0.6 is 0 Å². The molecule has 4 rings (SSSR count). The molecule has 0 atom stereocenters. The summed E-state index contributed by atoms with van der Waals surface area (Å²) < 4.78 is 60.5. The van der Waals surface area contributed by atoms with Crippen LogP contribution in [0.4, 0.5) is 14.6 Å². The molecule has 0 unspecified atom stereocenters. The van der Waals surface area contributed by atoms with E-state index in [2.05, 4.69) is 14.7 Å². The van der Waals surface area contributed by atoms with Crippen molar-refractivity contribution in [1.82, 2.24) is 19.3 Å². The molecule has 0 saturated carbocycles. The number of nitrogens with two attached hydrogens (primary N) is 1. The van der Waals surface area contributed by atoms with Crippen LogP contribution in [0.3, 0.4) is 0 Å². The van der Waals surface area contributed by atoms with Crippen LogP contribution in [0.15, 0.2) is 53.7 Å². The molecule has 0 fully saturated rings. The van der Waals surface area contributed by atoms with Crippen molar-refractivity contribution >= 4 is 37.8 Å². The number of anilines is 1. The van der Waals surface area contributed by atoms with E-state index >= 15 is 0 Å². The fourth-order valence-electron chi connectivity index (χ4n) is 3.26. The fraction of sp³-hybridized carbons (Fsp3) is 0.200. The number of nitrogen functional groups attached to an aromatic ring is 1. The van der Waals surface area contributed by atoms with Gasteiger partial charge in [-0.1, -0.05) is 18.2 Å². The van der Waals surface area contributed by atoms with Crippen LogP contribution in [0.2, 0.25) is 0 Å². The SMILES string of the molecule is Nc1nc2ccccc2c2c1ncn2CCOCCNS(=O)(=O)c1ccc(F)cc1F. The molecule has 11 heteroatoms. The largest absolute Gasteiger partial charge is 0.382 e. The van der Waals surface area contributed by atoms with Gasteiger partial charge in [-0.25, -0.2) is 31.9 Å². The highest BCUT2D eigenvalue weighted by molar-refractivity contribution is 7.89. The Hall–Kier alpha value is -3.15. The minimum atomic E-state index is -4.10. The number of para-hydroxylation sites is 1. The molecule has 0 aliphatic carbocycles. The highest BCUT2D eigenvalue weighted by atomic mass is 32.2.